The standard InChI is InChI=1S/C14H18N4O2S/c1-9-16-14(20-17-9)10-6-12-11(2-4-19-12)18(7-10)8-13-15-3-5-21-13/h3,5,10-12H,2,4,6-8H2,1H3/t10-,11+,12+/m0/s1. The molecule has 4 rings (SSSR count). The molecule has 0 aliphatic carbocycles. The monoisotopic (exact) mass is 306 g/mol. The second kappa shape index (κ2) is 5.47. The normalized spacial score (nSPS) is 29.7. The van der Waals surface area contributed by atoms with E-state index in [1.165, 1.54) is 0 Å². The van der Waals surface area contributed by atoms with Crippen LogP contribution in [0.5, 0.6) is 0 Å². The Morgan fingerprint density at radius 2 is 2.43 bits per heavy atom. The largest absolute Gasteiger partial charge is 0.377 e. The molecule has 4 heterocycles. The lowest BCUT2D eigenvalue weighted by Crippen LogP contribution is -2.48. The second-order valence-corrected chi connectivity index (χ2v) is 6.71. The van der Waals surface area contributed by atoms with Crippen molar-refractivity contribution in [3.63, 3.8) is 0 Å². The predicted octanol–water partition coefficient (Wildman–Crippen LogP) is 1.98. The number of aromatic nitrogens is 3. The van der Waals surface area contributed by atoms with Crippen molar-refractivity contribution in [2.75, 3.05) is 13.2 Å². The number of hydrogen-bond acceptors (Lipinski definition) is 7. The summed E-state index contributed by atoms with van der Waals surface area (Å²) in [5.74, 6) is 1.70. The van der Waals surface area contributed by atoms with Crippen LogP contribution in [-0.4, -0.2) is 45.3 Å². The van der Waals surface area contributed by atoms with Gasteiger partial charge in [-0.05, 0) is 19.8 Å². The molecule has 0 radical (unpaired) electrons. The van der Waals surface area contributed by atoms with Gasteiger partial charge in [0.15, 0.2) is 5.82 Å². The Hall–Kier alpha value is -1.31. The lowest BCUT2D eigenvalue weighted by Gasteiger charge is -2.39. The molecule has 112 valence electrons. The predicted molar refractivity (Wildman–Crippen MR) is 77.1 cm³/mol. The SMILES string of the molecule is Cc1noc([C@H]2C[C@H]3OCC[C@H]3N(Cc3nccs3)C2)n1. The smallest absolute Gasteiger partial charge is 0.231 e. The zero-order valence-electron chi connectivity index (χ0n) is 11.9. The Morgan fingerprint density at radius 1 is 1.48 bits per heavy atom. The van der Waals surface area contributed by atoms with Gasteiger partial charge in [0.2, 0.25) is 5.89 Å². The highest BCUT2D eigenvalue weighted by Crippen LogP contribution is 2.36. The molecule has 2 fully saturated rings. The van der Waals surface area contributed by atoms with Gasteiger partial charge in [0.25, 0.3) is 0 Å². The molecule has 6 nitrogen and oxygen atoms in total. The van der Waals surface area contributed by atoms with Gasteiger partial charge in [0, 0.05) is 30.8 Å². The zero-order chi connectivity index (χ0) is 14.2. The summed E-state index contributed by atoms with van der Waals surface area (Å²) in [4.78, 5) is 11.3. The van der Waals surface area contributed by atoms with Gasteiger partial charge in [-0.3, -0.25) is 4.90 Å². The van der Waals surface area contributed by atoms with E-state index in [1.807, 2.05) is 18.5 Å². The van der Waals surface area contributed by atoms with Crippen LogP contribution in [-0.2, 0) is 11.3 Å². The minimum atomic E-state index is 0.255. The Balaban J connectivity index is 1.55. The summed E-state index contributed by atoms with van der Waals surface area (Å²) in [5, 5.41) is 7.11. The molecule has 2 aromatic rings. The second-order valence-electron chi connectivity index (χ2n) is 5.73. The first-order chi connectivity index (χ1) is 10.3. The molecule has 0 spiro atoms. The average Bonchev–Trinajstić information content (AvgIpc) is 3.18. The maximum Gasteiger partial charge on any atom is 0.231 e. The summed E-state index contributed by atoms with van der Waals surface area (Å²) >= 11 is 1.71. The molecule has 21 heavy (non-hydrogen) atoms. The summed E-state index contributed by atoms with van der Waals surface area (Å²) in [5.41, 5.74) is 0. The van der Waals surface area contributed by atoms with Crippen molar-refractivity contribution in [1.82, 2.24) is 20.0 Å². The van der Waals surface area contributed by atoms with E-state index in [2.05, 4.69) is 20.0 Å². The van der Waals surface area contributed by atoms with Gasteiger partial charge < -0.3 is 9.26 Å². The van der Waals surface area contributed by atoms with Crippen LogP contribution in [0.4, 0.5) is 0 Å². The molecule has 3 atom stereocenters. The van der Waals surface area contributed by atoms with E-state index in [-0.39, 0.29) is 12.0 Å². The number of rotatable bonds is 3. The first-order valence-electron chi connectivity index (χ1n) is 7.34. The highest BCUT2D eigenvalue weighted by Gasteiger charge is 2.42. The number of fused-ring (bicyclic) bond motifs is 1. The van der Waals surface area contributed by atoms with E-state index in [0.717, 1.165) is 43.4 Å². The molecule has 0 bridgehead atoms. The van der Waals surface area contributed by atoms with Crippen LogP contribution in [0.1, 0.15) is 35.5 Å². The summed E-state index contributed by atoms with van der Waals surface area (Å²) in [7, 11) is 0. The Morgan fingerprint density at radius 3 is 3.19 bits per heavy atom. The third kappa shape index (κ3) is 2.61. The van der Waals surface area contributed by atoms with Gasteiger partial charge in [0.05, 0.1) is 18.6 Å². The Labute approximate surface area is 127 Å². The Kier molecular flexibility index (Phi) is 3.48. The highest BCUT2D eigenvalue weighted by atomic mass is 32.1. The molecule has 0 unspecified atom stereocenters. The van der Waals surface area contributed by atoms with Gasteiger partial charge in [-0.25, -0.2) is 4.98 Å². The van der Waals surface area contributed by atoms with Crippen LogP contribution in [0, 0.1) is 6.92 Å². The van der Waals surface area contributed by atoms with Crippen LogP contribution in [0.3, 0.4) is 0 Å². The van der Waals surface area contributed by atoms with E-state index in [1.54, 1.807) is 11.3 Å². The van der Waals surface area contributed by atoms with Crippen molar-refractivity contribution in [2.24, 2.45) is 0 Å². The number of nitrogens with zero attached hydrogens (tertiary/aromatic N) is 4. The molecule has 2 aromatic heterocycles. The number of aryl methyl sites for hydroxylation is 1. The molecule has 7 heteroatoms. The van der Waals surface area contributed by atoms with E-state index in [0.29, 0.717) is 11.9 Å². The van der Waals surface area contributed by atoms with Crippen LogP contribution >= 0.6 is 11.3 Å². The number of hydrogen-bond donors (Lipinski definition) is 0. The molecule has 0 saturated carbocycles. The topological polar surface area (TPSA) is 64.3 Å². The molecule has 2 saturated heterocycles. The van der Waals surface area contributed by atoms with Gasteiger partial charge in [0.1, 0.15) is 5.01 Å². The van der Waals surface area contributed by atoms with Crippen molar-refractivity contribution in [3.8, 4) is 0 Å². The maximum absolute atomic E-state index is 5.92. The van der Waals surface area contributed by atoms with E-state index in [9.17, 15) is 0 Å². The van der Waals surface area contributed by atoms with Crippen molar-refractivity contribution in [3.05, 3.63) is 28.3 Å². The molecule has 0 aromatic carbocycles. The highest BCUT2D eigenvalue weighted by molar-refractivity contribution is 7.09. The number of piperidine rings is 1. The third-order valence-electron chi connectivity index (χ3n) is 4.33. The quantitative estimate of drug-likeness (QED) is 0.864. The lowest BCUT2D eigenvalue weighted by atomic mass is 9.90. The van der Waals surface area contributed by atoms with Crippen molar-refractivity contribution >= 4 is 11.3 Å². The zero-order valence-corrected chi connectivity index (χ0v) is 12.8. The van der Waals surface area contributed by atoms with Crippen molar-refractivity contribution < 1.29 is 9.26 Å². The van der Waals surface area contributed by atoms with Gasteiger partial charge in [-0.1, -0.05) is 5.16 Å². The van der Waals surface area contributed by atoms with Gasteiger partial charge >= 0.3 is 0 Å². The van der Waals surface area contributed by atoms with Crippen molar-refractivity contribution in [1.29, 1.82) is 0 Å². The van der Waals surface area contributed by atoms with Crippen molar-refractivity contribution in [2.45, 2.75) is 44.4 Å². The fourth-order valence-corrected chi connectivity index (χ4v) is 4.04. The molecule has 0 amide bonds. The fourth-order valence-electron chi connectivity index (χ4n) is 3.40. The first kappa shape index (κ1) is 13.4. The van der Waals surface area contributed by atoms with Crippen LogP contribution in [0.15, 0.2) is 16.1 Å². The number of likely N-dealkylation sites (tertiary alicyclic amines) is 1. The minimum absolute atomic E-state index is 0.255. The molecule has 2 aliphatic heterocycles. The van der Waals surface area contributed by atoms with E-state index in [4.69, 9.17) is 9.26 Å². The van der Waals surface area contributed by atoms with Gasteiger partial charge in [-0.15, -0.1) is 11.3 Å². The third-order valence-corrected chi connectivity index (χ3v) is 5.09. The molecular formula is C14H18N4O2S. The minimum Gasteiger partial charge on any atom is -0.377 e. The summed E-state index contributed by atoms with van der Waals surface area (Å²) in [6.07, 6.45) is 4.22. The number of thiazole rings is 1. The molecule has 2 aliphatic rings. The van der Waals surface area contributed by atoms with E-state index < -0.39 is 0 Å². The summed E-state index contributed by atoms with van der Waals surface area (Å²) < 4.78 is 11.3. The maximum atomic E-state index is 5.92. The lowest BCUT2D eigenvalue weighted by molar-refractivity contribution is 0.00845. The molecule has 0 N–H and O–H groups in total. The molecular weight excluding hydrogens is 288 g/mol. The summed E-state index contributed by atoms with van der Waals surface area (Å²) in [6.45, 7) is 4.52. The summed E-state index contributed by atoms with van der Waals surface area (Å²) in [6, 6.07) is 0.495. The first-order valence-corrected chi connectivity index (χ1v) is 8.22. The van der Waals surface area contributed by atoms with E-state index >= 15 is 0 Å². The van der Waals surface area contributed by atoms with Gasteiger partial charge in [-0.2, -0.15) is 4.98 Å². The Bertz CT molecular complexity index is 600. The van der Waals surface area contributed by atoms with Crippen LogP contribution in [0.2, 0.25) is 0 Å². The number of ether oxygens (including phenoxy) is 1. The van der Waals surface area contributed by atoms with Crippen LogP contribution in [0.25, 0.3) is 0 Å². The average molecular weight is 306 g/mol. The fraction of sp³-hybridized carbons (Fsp3) is 0.643. The van der Waals surface area contributed by atoms with Crippen LogP contribution < -0.4 is 0 Å².